The van der Waals surface area contributed by atoms with Crippen LogP contribution in [0.4, 0.5) is 11.5 Å². The van der Waals surface area contributed by atoms with Crippen molar-refractivity contribution in [1.82, 2.24) is 4.98 Å². The van der Waals surface area contributed by atoms with Crippen molar-refractivity contribution in [1.29, 1.82) is 0 Å². The Balaban J connectivity index is 2.12. The van der Waals surface area contributed by atoms with E-state index in [0.717, 1.165) is 35.4 Å². The van der Waals surface area contributed by atoms with E-state index in [1.54, 1.807) is 12.3 Å². The molecule has 1 aromatic carbocycles. The molecular weight excluding hydrogens is 342 g/mol. The molecule has 1 amide bonds. The number of nitrogens with zero attached hydrogens (tertiary/aromatic N) is 2. The third-order valence-corrected chi connectivity index (χ3v) is 4.06. The third kappa shape index (κ3) is 4.31. The number of aromatic nitrogens is 1. The number of halogens is 1. The van der Waals surface area contributed by atoms with Crippen LogP contribution in [0, 0.1) is 0 Å². The van der Waals surface area contributed by atoms with Gasteiger partial charge in [-0.15, -0.1) is 0 Å². The number of carbonyl (C=O) groups excluding carboxylic acids is 1. The fourth-order valence-corrected chi connectivity index (χ4v) is 2.42. The fourth-order valence-electron chi connectivity index (χ4n) is 2.04. The Hall–Kier alpha value is -1.88. The zero-order valence-corrected chi connectivity index (χ0v) is 14.4. The molecule has 0 fully saturated rings. The lowest BCUT2D eigenvalue weighted by atomic mass is 10.2. The summed E-state index contributed by atoms with van der Waals surface area (Å²) in [6.07, 6.45) is 3.91. The van der Waals surface area contributed by atoms with Crippen molar-refractivity contribution >= 4 is 33.3 Å². The SMILES string of the molecule is CCCCN(C)c1cc(C(=O)Nc2ccccc2Br)ccn1. The number of rotatable bonds is 6. The number of para-hydroxylation sites is 1. The normalized spacial score (nSPS) is 10.3. The quantitative estimate of drug-likeness (QED) is 0.832. The van der Waals surface area contributed by atoms with Gasteiger partial charge in [-0.1, -0.05) is 25.5 Å². The van der Waals surface area contributed by atoms with Crippen molar-refractivity contribution in [2.75, 3.05) is 23.8 Å². The molecule has 4 nitrogen and oxygen atoms in total. The molecule has 0 spiro atoms. The second-order valence-electron chi connectivity index (χ2n) is 5.11. The molecule has 1 N–H and O–H groups in total. The molecule has 0 radical (unpaired) electrons. The number of pyridine rings is 1. The van der Waals surface area contributed by atoms with Crippen LogP contribution in [-0.2, 0) is 0 Å². The molecule has 116 valence electrons. The number of benzene rings is 1. The number of nitrogens with one attached hydrogen (secondary N) is 1. The zero-order chi connectivity index (χ0) is 15.9. The summed E-state index contributed by atoms with van der Waals surface area (Å²) >= 11 is 3.43. The maximum Gasteiger partial charge on any atom is 0.255 e. The molecular formula is C17H20BrN3O. The van der Waals surface area contributed by atoms with Gasteiger partial charge in [-0.3, -0.25) is 4.79 Å². The number of anilines is 2. The van der Waals surface area contributed by atoms with E-state index >= 15 is 0 Å². The van der Waals surface area contributed by atoms with Gasteiger partial charge < -0.3 is 10.2 Å². The Morgan fingerprint density at radius 3 is 2.82 bits per heavy atom. The first-order chi connectivity index (χ1) is 10.6. The summed E-state index contributed by atoms with van der Waals surface area (Å²) in [7, 11) is 1.99. The maximum absolute atomic E-state index is 12.4. The van der Waals surface area contributed by atoms with Gasteiger partial charge in [0.2, 0.25) is 0 Å². The monoisotopic (exact) mass is 361 g/mol. The summed E-state index contributed by atoms with van der Waals surface area (Å²) in [5.41, 5.74) is 1.36. The summed E-state index contributed by atoms with van der Waals surface area (Å²) in [4.78, 5) is 18.8. The minimum absolute atomic E-state index is 0.139. The Labute approximate surface area is 139 Å². The van der Waals surface area contributed by atoms with E-state index in [4.69, 9.17) is 0 Å². The van der Waals surface area contributed by atoms with Gasteiger partial charge in [0.1, 0.15) is 5.82 Å². The molecule has 2 aromatic rings. The Kier molecular flexibility index (Phi) is 5.95. The molecule has 0 saturated heterocycles. The van der Waals surface area contributed by atoms with E-state index in [-0.39, 0.29) is 5.91 Å². The van der Waals surface area contributed by atoms with Crippen LogP contribution >= 0.6 is 15.9 Å². The minimum atomic E-state index is -0.139. The largest absolute Gasteiger partial charge is 0.360 e. The molecule has 0 bridgehead atoms. The van der Waals surface area contributed by atoms with E-state index in [2.05, 4.69) is 38.1 Å². The van der Waals surface area contributed by atoms with Crippen LogP contribution in [0.3, 0.4) is 0 Å². The van der Waals surface area contributed by atoms with Crippen molar-refractivity contribution in [2.24, 2.45) is 0 Å². The topological polar surface area (TPSA) is 45.2 Å². The first-order valence-corrected chi connectivity index (χ1v) is 8.14. The summed E-state index contributed by atoms with van der Waals surface area (Å²) in [5, 5.41) is 2.90. The third-order valence-electron chi connectivity index (χ3n) is 3.37. The molecule has 1 aromatic heterocycles. The highest BCUT2D eigenvalue weighted by Crippen LogP contribution is 2.22. The maximum atomic E-state index is 12.4. The van der Waals surface area contributed by atoms with Gasteiger partial charge in [0.25, 0.3) is 5.91 Å². The Morgan fingerprint density at radius 1 is 1.32 bits per heavy atom. The van der Waals surface area contributed by atoms with Crippen LogP contribution in [0.15, 0.2) is 47.1 Å². The van der Waals surface area contributed by atoms with E-state index in [1.165, 1.54) is 0 Å². The van der Waals surface area contributed by atoms with Crippen molar-refractivity contribution in [3.8, 4) is 0 Å². The lowest BCUT2D eigenvalue weighted by Crippen LogP contribution is -2.20. The average molecular weight is 362 g/mol. The number of carbonyl (C=O) groups is 1. The van der Waals surface area contributed by atoms with E-state index < -0.39 is 0 Å². The van der Waals surface area contributed by atoms with Gasteiger partial charge >= 0.3 is 0 Å². The van der Waals surface area contributed by atoms with Crippen LogP contribution < -0.4 is 10.2 Å². The zero-order valence-electron chi connectivity index (χ0n) is 12.8. The van der Waals surface area contributed by atoms with Gasteiger partial charge in [-0.05, 0) is 46.6 Å². The molecule has 0 saturated carbocycles. The van der Waals surface area contributed by atoms with E-state index in [0.29, 0.717) is 5.56 Å². The first-order valence-electron chi connectivity index (χ1n) is 7.35. The number of hydrogen-bond donors (Lipinski definition) is 1. The Morgan fingerprint density at radius 2 is 2.09 bits per heavy atom. The minimum Gasteiger partial charge on any atom is -0.360 e. The van der Waals surface area contributed by atoms with Gasteiger partial charge in [0, 0.05) is 29.8 Å². The Bertz CT molecular complexity index is 645. The second-order valence-corrected chi connectivity index (χ2v) is 5.97. The molecule has 0 aliphatic carbocycles. The summed E-state index contributed by atoms with van der Waals surface area (Å²) < 4.78 is 0.859. The lowest BCUT2D eigenvalue weighted by Gasteiger charge is -2.18. The summed E-state index contributed by atoms with van der Waals surface area (Å²) in [6.45, 7) is 3.08. The highest BCUT2D eigenvalue weighted by atomic mass is 79.9. The van der Waals surface area contributed by atoms with Crippen LogP contribution in [-0.4, -0.2) is 24.5 Å². The highest BCUT2D eigenvalue weighted by Gasteiger charge is 2.10. The standard InChI is InChI=1S/C17H20BrN3O/c1-3-4-11-21(2)16-12-13(9-10-19-16)17(22)20-15-8-6-5-7-14(15)18/h5-10,12H,3-4,11H2,1-2H3,(H,20,22). The molecule has 22 heavy (non-hydrogen) atoms. The van der Waals surface area contributed by atoms with Gasteiger partial charge in [-0.2, -0.15) is 0 Å². The number of amides is 1. The lowest BCUT2D eigenvalue weighted by molar-refractivity contribution is 0.102. The summed E-state index contributed by atoms with van der Waals surface area (Å²) in [5.74, 6) is 0.674. The predicted molar refractivity (Wildman–Crippen MR) is 94.5 cm³/mol. The number of unbranched alkanes of at least 4 members (excludes halogenated alkanes) is 1. The molecule has 0 unspecified atom stereocenters. The van der Waals surface area contributed by atoms with E-state index in [9.17, 15) is 4.79 Å². The first kappa shape index (κ1) is 16.5. The average Bonchev–Trinajstić information content (AvgIpc) is 2.54. The smallest absolute Gasteiger partial charge is 0.255 e. The van der Waals surface area contributed by atoms with Crippen LogP contribution in [0.1, 0.15) is 30.1 Å². The van der Waals surface area contributed by atoms with Gasteiger partial charge in [-0.25, -0.2) is 4.98 Å². The van der Waals surface area contributed by atoms with Crippen LogP contribution in [0.2, 0.25) is 0 Å². The fraction of sp³-hybridized carbons (Fsp3) is 0.294. The molecule has 2 rings (SSSR count). The molecule has 0 aliphatic rings. The van der Waals surface area contributed by atoms with E-state index in [1.807, 2.05) is 37.4 Å². The molecule has 1 heterocycles. The molecule has 0 aliphatic heterocycles. The van der Waals surface area contributed by atoms with Crippen molar-refractivity contribution in [3.63, 3.8) is 0 Å². The van der Waals surface area contributed by atoms with Gasteiger partial charge in [0.15, 0.2) is 0 Å². The van der Waals surface area contributed by atoms with Crippen LogP contribution in [0.25, 0.3) is 0 Å². The van der Waals surface area contributed by atoms with Crippen molar-refractivity contribution in [3.05, 3.63) is 52.6 Å². The molecule has 0 atom stereocenters. The summed E-state index contributed by atoms with van der Waals surface area (Å²) in [6, 6.07) is 11.1. The van der Waals surface area contributed by atoms with Gasteiger partial charge in [0.05, 0.1) is 5.69 Å². The van der Waals surface area contributed by atoms with Crippen LogP contribution in [0.5, 0.6) is 0 Å². The number of hydrogen-bond acceptors (Lipinski definition) is 3. The highest BCUT2D eigenvalue weighted by molar-refractivity contribution is 9.10. The predicted octanol–water partition coefficient (Wildman–Crippen LogP) is 4.33. The second kappa shape index (κ2) is 7.94. The molecule has 5 heteroatoms. The van der Waals surface area contributed by atoms with Crippen molar-refractivity contribution < 1.29 is 4.79 Å². The van der Waals surface area contributed by atoms with Crippen molar-refractivity contribution in [2.45, 2.75) is 19.8 Å².